The average Bonchev–Trinajstić information content (AvgIpc) is 3.44. The minimum atomic E-state index is -1.36. The smallest absolute Gasteiger partial charge is 0.323 e. The number of rotatable bonds is 9. The SMILES string of the molecule is COc1ccc(NC(=O)Nc2ccc(C(C)(C)C)cc2C#Cc2c(F)c(C#Cc3cc(C(C)(C)C)ccc3NC(=S)Nc3ccc(OC)cc3)c(F)c(C#Cc3cc(C(C)(C)C)ccc3NC(=S)Nc3ccc(OC)cc3)c2F)cc1. The van der Waals surface area contributed by atoms with Crippen molar-refractivity contribution in [2.75, 3.05) is 53.2 Å². The van der Waals surface area contributed by atoms with Crippen molar-refractivity contribution in [1.29, 1.82) is 0 Å². The Morgan fingerprint density at radius 3 is 0.926 bits per heavy atom. The van der Waals surface area contributed by atoms with E-state index in [4.69, 9.17) is 38.6 Å². The highest BCUT2D eigenvalue weighted by molar-refractivity contribution is 7.81. The van der Waals surface area contributed by atoms with E-state index in [0.717, 1.165) is 16.7 Å². The molecule has 414 valence electrons. The van der Waals surface area contributed by atoms with Gasteiger partial charge in [-0.1, -0.05) is 116 Å². The van der Waals surface area contributed by atoms with Crippen LogP contribution in [0, 0.1) is 53.0 Å². The molecule has 0 aliphatic carbocycles. The fourth-order valence-electron chi connectivity index (χ4n) is 7.93. The zero-order valence-electron chi connectivity index (χ0n) is 47.2. The molecular formula is C66H63F3N6O4S2. The largest absolute Gasteiger partial charge is 0.497 e. The molecule has 0 atom stereocenters. The molecule has 0 saturated carbocycles. The van der Waals surface area contributed by atoms with Crippen LogP contribution in [-0.4, -0.2) is 37.6 Å². The summed E-state index contributed by atoms with van der Waals surface area (Å²) in [5, 5.41) is 18.6. The van der Waals surface area contributed by atoms with Gasteiger partial charge in [0.2, 0.25) is 0 Å². The zero-order chi connectivity index (χ0) is 58.8. The number of hydrogen-bond acceptors (Lipinski definition) is 6. The lowest BCUT2D eigenvalue weighted by Gasteiger charge is -2.21. The first-order chi connectivity index (χ1) is 38.3. The number of amides is 2. The van der Waals surface area contributed by atoms with Crippen LogP contribution in [-0.2, 0) is 16.2 Å². The lowest BCUT2D eigenvalue weighted by Crippen LogP contribution is -2.20. The van der Waals surface area contributed by atoms with Crippen LogP contribution >= 0.6 is 24.4 Å². The van der Waals surface area contributed by atoms with Crippen LogP contribution in [0.1, 0.15) is 112 Å². The normalized spacial score (nSPS) is 11.0. The van der Waals surface area contributed by atoms with Gasteiger partial charge in [0.05, 0.1) is 55.1 Å². The number of benzene rings is 7. The third-order valence-electron chi connectivity index (χ3n) is 12.7. The van der Waals surface area contributed by atoms with Crippen LogP contribution in [0.2, 0.25) is 0 Å². The van der Waals surface area contributed by atoms with Crippen molar-refractivity contribution in [3.63, 3.8) is 0 Å². The molecule has 2 amide bonds. The molecule has 7 rings (SSSR count). The van der Waals surface area contributed by atoms with Gasteiger partial charge in [-0.05, 0) is 167 Å². The Morgan fingerprint density at radius 2 is 0.654 bits per heavy atom. The number of anilines is 6. The molecule has 81 heavy (non-hydrogen) atoms. The monoisotopic (exact) mass is 1120 g/mol. The molecule has 0 aliphatic heterocycles. The highest BCUT2D eigenvalue weighted by atomic mass is 32.1. The Morgan fingerprint density at radius 1 is 0.383 bits per heavy atom. The second-order valence-electron chi connectivity index (χ2n) is 21.8. The van der Waals surface area contributed by atoms with Gasteiger partial charge in [-0.2, -0.15) is 0 Å². The fourth-order valence-corrected chi connectivity index (χ4v) is 8.38. The molecule has 0 heterocycles. The molecule has 0 aliphatic rings. The van der Waals surface area contributed by atoms with Gasteiger partial charge in [-0.15, -0.1) is 0 Å². The summed E-state index contributed by atoms with van der Waals surface area (Å²) in [6.07, 6.45) is 0. The fraction of sp³-hybridized carbons (Fsp3) is 0.227. The van der Waals surface area contributed by atoms with E-state index in [2.05, 4.69) is 67.4 Å². The molecule has 0 unspecified atom stereocenters. The summed E-state index contributed by atoms with van der Waals surface area (Å²) in [7, 11) is 4.68. The van der Waals surface area contributed by atoms with Gasteiger partial charge >= 0.3 is 6.03 Å². The maximum atomic E-state index is 17.4. The predicted molar refractivity (Wildman–Crippen MR) is 331 cm³/mol. The zero-order valence-corrected chi connectivity index (χ0v) is 48.8. The molecular weight excluding hydrogens is 1060 g/mol. The topological polar surface area (TPSA) is 117 Å². The maximum absolute atomic E-state index is 17.4. The van der Waals surface area contributed by atoms with Crippen LogP contribution in [0.3, 0.4) is 0 Å². The molecule has 7 aromatic carbocycles. The third kappa shape index (κ3) is 15.7. The summed E-state index contributed by atoms with van der Waals surface area (Å²) in [5.41, 5.74) is 2.84. The van der Waals surface area contributed by atoms with Crippen LogP contribution in [0.5, 0.6) is 17.2 Å². The van der Waals surface area contributed by atoms with Crippen molar-refractivity contribution < 1.29 is 32.2 Å². The van der Waals surface area contributed by atoms with Crippen molar-refractivity contribution in [3.8, 4) is 52.8 Å². The van der Waals surface area contributed by atoms with Crippen molar-refractivity contribution >= 4 is 74.8 Å². The van der Waals surface area contributed by atoms with E-state index < -0.39 is 45.6 Å². The third-order valence-corrected chi connectivity index (χ3v) is 13.1. The number of urea groups is 1. The first kappa shape index (κ1) is 59.7. The van der Waals surface area contributed by atoms with Crippen molar-refractivity contribution in [1.82, 2.24) is 0 Å². The van der Waals surface area contributed by atoms with Crippen LogP contribution in [0.25, 0.3) is 0 Å². The summed E-state index contributed by atoms with van der Waals surface area (Å²) < 4.78 is 68.0. The van der Waals surface area contributed by atoms with Gasteiger partial charge in [0.25, 0.3) is 0 Å². The number of ether oxygens (including phenoxy) is 3. The molecule has 15 heteroatoms. The van der Waals surface area contributed by atoms with Crippen molar-refractivity contribution in [2.24, 2.45) is 0 Å². The molecule has 0 saturated heterocycles. The van der Waals surface area contributed by atoms with Gasteiger partial charge in [-0.3, -0.25) is 0 Å². The molecule has 0 bridgehead atoms. The molecule has 0 aromatic heterocycles. The van der Waals surface area contributed by atoms with Gasteiger partial charge in [0.15, 0.2) is 27.7 Å². The predicted octanol–water partition coefficient (Wildman–Crippen LogP) is 15.5. The van der Waals surface area contributed by atoms with E-state index in [9.17, 15) is 4.79 Å². The second kappa shape index (κ2) is 25.5. The number of hydrogen-bond donors (Lipinski definition) is 6. The lowest BCUT2D eigenvalue weighted by atomic mass is 9.86. The van der Waals surface area contributed by atoms with E-state index in [0.29, 0.717) is 56.8 Å². The summed E-state index contributed by atoms with van der Waals surface area (Å²) in [6, 6.07) is 36.6. The summed E-state index contributed by atoms with van der Waals surface area (Å²) >= 11 is 11.4. The summed E-state index contributed by atoms with van der Waals surface area (Å²) in [4.78, 5) is 13.5. The van der Waals surface area contributed by atoms with Gasteiger partial charge in [-0.25, -0.2) is 18.0 Å². The molecule has 10 nitrogen and oxygen atoms in total. The van der Waals surface area contributed by atoms with Crippen LogP contribution in [0.4, 0.5) is 52.1 Å². The lowest BCUT2D eigenvalue weighted by molar-refractivity contribution is 0.262. The summed E-state index contributed by atoms with van der Waals surface area (Å²) in [6.45, 7) is 18.1. The standard InChI is InChI=1S/C66H63F3N6O4S2/c1-64(2,3)43-16-34-55(73-61(76)70-46-19-25-49(77-10)26-20-46)40(37-43)13-31-52-58(67)53(32-14-41-38-44(65(4,5)6)17-35-56(41)74-62(80)71-47-21-27-50(78-11)28-22-47)60(69)54(59(52)68)33-15-42-39-45(66(7,8)9)18-36-57(42)75-63(81)72-48-23-29-51(79-12)30-24-48/h16-30,34-39H,1-12H3,(H2,70,73,76)(H2,71,74,80)(H2,72,75,81). The molecule has 7 aromatic rings. The number of nitrogens with one attached hydrogen (secondary N) is 6. The van der Waals surface area contributed by atoms with E-state index in [1.54, 1.807) is 123 Å². The van der Waals surface area contributed by atoms with Crippen molar-refractivity contribution in [2.45, 2.75) is 78.6 Å². The number of carbonyl (C=O) groups is 1. The highest BCUT2D eigenvalue weighted by Crippen LogP contribution is 2.32. The first-order valence-corrected chi connectivity index (χ1v) is 26.5. The minimum absolute atomic E-state index is 0.213. The maximum Gasteiger partial charge on any atom is 0.323 e. The highest BCUT2D eigenvalue weighted by Gasteiger charge is 2.25. The summed E-state index contributed by atoms with van der Waals surface area (Å²) in [5.74, 6) is 14.8. The second-order valence-corrected chi connectivity index (χ2v) is 22.6. The molecule has 0 spiro atoms. The first-order valence-electron chi connectivity index (χ1n) is 25.7. The Bertz CT molecular complexity index is 3310. The van der Waals surface area contributed by atoms with E-state index >= 15 is 13.2 Å². The average molecular weight is 1130 g/mol. The number of thiocarbonyl (C=S) groups is 2. The van der Waals surface area contributed by atoms with Gasteiger partial charge in [0.1, 0.15) is 17.2 Å². The molecule has 0 fully saturated rings. The van der Waals surface area contributed by atoms with Crippen LogP contribution < -0.4 is 46.1 Å². The number of methoxy groups -OCH3 is 3. The Balaban J connectivity index is 1.39. The number of halogens is 3. The van der Waals surface area contributed by atoms with Gasteiger partial charge < -0.3 is 46.1 Å². The van der Waals surface area contributed by atoms with E-state index in [-0.39, 0.29) is 32.3 Å². The Kier molecular flexibility index (Phi) is 18.8. The Hall–Kier alpha value is -8.94. The minimum Gasteiger partial charge on any atom is -0.497 e. The molecule has 0 radical (unpaired) electrons. The van der Waals surface area contributed by atoms with E-state index in [1.807, 2.05) is 80.5 Å². The quantitative estimate of drug-likeness (QED) is 0.0617. The number of carbonyl (C=O) groups excluding carboxylic acids is 1. The van der Waals surface area contributed by atoms with Crippen LogP contribution in [0.15, 0.2) is 127 Å². The Labute approximate surface area is 484 Å². The van der Waals surface area contributed by atoms with Gasteiger partial charge in [0, 0.05) is 33.8 Å². The van der Waals surface area contributed by atoms with Crippen molar-refractivity contribution in [3.05, 3.63) is 195 Å². The molecule has 6 N–H and O–H groups in total. The van der Waals surface area contributed by atoms with E-state index in [1.165, 1.54) is 7.11 Å².